The second-order valence-corrected chi connectivity index (χ2v) is 7.19. The van der Waals surface area contributed by atoms with Crippen molar-refractivity contribution in [2.24, 2.45) is 0 Å². The number of amides is 2. The second-order valence-electron chi connectivity index (χ2n) is 6.34. The van der Waals surface area contributed by atoms with E-state index in [0.29, 0.717) is 27.7 Å². The van der Waals surface area contributed by atoms with Gasteiger partial charge < -0.3 is 10.6 Å². The summed E-state index contributed by atoms with van der Waals surface area (Å²) in [6.07, 6.45) is 2.36. The van der Waals surface area contributed by atoms with Gasteiger partial charge in [-0.1, -0.05) is 47.5 Å². The molecule has 2 N–H and O–H groups in total. The number of carbonyl (C=O) groups excluding carboxylic acids is 2. The molecule has 28 heavy (non-hydrogen) atoms. The third-order valence-electron chi connectivity index (χ3n) is 4.40. The number of rotatable bonds is 5. The van der Waals surface area contributed by atoms with E-state index in [1.165, 1.54) is 0 Å². The van der Waals surface area contributed by atoms with E-state index in [0.717, 1.165) is 11.1 Å². The normalized spacial score (nSPS) is 15.5. The molecule has 2 aromatic rings. The van der Waals surface area contributed by atoms with Crippen molar-refractivity contribution in [1.29, 1.82) is 5.26 Å². The Morgan fingerprint density at radius 2 is 2.00 bits per heavy atom. The first kappa shape index (κ1) is 19.9. The Kier molecular flexibility index (Phi) is 6.35. The number of anilines is 1. The highest BCUT2D eigenvalue weighted by Crippen LogP contribution is 2.29. The topological polar surface area (TPSA) is 82.0 Å². The van der Waals surface area contributed by atoms with E-state index in [-0.39, 0.29) is 24.7 Å². The number of para-hydroxylation sites is 1. The molecular weight excluding hydrogens is 397 g/mol. The van der Waals surface area contributed by atoms with Crippen molar-refractivity contribution in [2.75, 3.05) is 5.32 Å². The molecule has 0 bridgehead atoms. The molecule has 142 valence electrons. The van der Waals surface area contributed by atoms with Crippen LogP contribution in [-0.2, 0) is 16.0 Å². The number of benzene rings is 2. The number of hydrogen-bond donors (Lipinski definition) is 2. The number of carbonyl (C=O) groups is 2. The van der Waals surface area contributed by atoms with Crippen LogP contribution < -0.4 is 10.6 Å². The smallest absolute Gasteiger partial charge is 0.251 e. The summed E-state index contributed by atoms with van der Waals surface area (Å²) >= 11 is 12.0. The monoisotopic (exact) mass is 413 g/mol. The van der Waals surface area contributed by atoms with Crippen LogP contribution in [0.5, 0.6) is 0 Å². The van der Waals surface area contributed by atoms with E-state index in [2.05, 4.69) is 16.7 Å². The molecule has 1 unspecified atom stereocenters. The number of hydrogen-bond acceptors (Lipinski definition) is 3. The second kappa shape index (κ2) is 8.92. The number of nitriles is 1. The largest absolute Gasteiger partial charge is 0.341 e. The van der Waals surface area contributed by atoms with Crippen molar-refractivity contribution in [3.63, 3.8) is 0 Å². The zero-order chi connectivity index (χ0) is 20.1. The quantitative estimate of drug-likeness (QED) is 0.763. The van der Waals surface area contributed by atoms with Gasteiger partial charge in [0, 0.05) is 27.7 Å². The number of halogens is 2. The van der Waals surface area contributed by atoms with E-state index < -0.39 is 6.04 Å². The van der Waals surface area contributed by atoms with Crippen LogP contribution in [0, 0.1) is 11.3 Å². The summed E-state index contributed by atoms with van der Waals surface area (Å²) < 4.78 is 0. The first-order chi connectivity index (χ1) is 13.5. The van der Waals surface area contributed by atoms with Gasteiger partial charge in [0.05, 0.1) is 12.5 Å². The number of allylic oxidation sites excluding steroid dienone is 1. The maximum atomic E-state index is 12.5. The van der Waals surface area contributed by atoms with Gasteiger partial charge in [0.25, 0.3) is 5.91 Å². The van der Waals surface area contributed by atoms with E-state index in [1.807, 2.05) is 12.1 Å². The van der Waals surface area contributed by atoms with Gasteiger partial charge in [-0.05, 0) is 41.8 Å². The lowest BCUT2D eigenvalue weighted by molar-refractivity contribution is -0.125. The van der Waals surface area contributed by atoms with Crippen molar-refractivity contribution in [1.82, 2.24) is 5.32 Å². The number of fused-ring (bicyclic) bond motifs is 1. The molecule has 1 aliphatic heterocycles. The van der Waals surface area contributed by atoms with Crippen molar-refractivity contribution >= 4 is 46.3 Å². The first-order valence-electron chi connectivity index (χ1n) is 8.69. The summed E-state index contributed by atoms with van der Waals surface area (Å²) in [6.45, 7) is 0. The van der Waals surface area contributed by atoms with Crippen LogP contribution in [0.3, 0.4) is 0 Å². The SMILES string of the molecule is N#CCC1=CC(NC(=O)CCc2ccc(Cl)cc2Cl)C(=O)Nc2ccccc21. The van der Waals surface area contributed by atoms with Crippen LogP contribution in [0.2, 0.25) is 10.0 Å². The minimum absolute atomic E-state index is 0.138. The summed E-state index contributed by atoms with van der Waals surface area (Å²) in [5, 5.41) is 15.7. The Balaban J connectivity index is 1.72. The van der Waals surface area contributed by atoms with Gasteiger partial charge >= 0.3 is 0 Å². The van der Waals surface area contributed by atoms with Crippen LogP contribution in [0.1, 0.15) is 24.0 Å². The van der Waals surface area contributed by atoms with Crippen LogP contribution in [0.4, 0.5) is 5.69 Å². The zero-order valence-electron chi connectivity index (χ0n) is 14.8. The molecule has 0 spiro atoms. The highest BCUT2D eigenvalue weighted by atomic mass is 35.5. The van der Waals surface area contributed by atoms with E-state index >= 15 is 0 Å². The molecule has 0 radical (unpaired) electrons. The molecule has 5 nitrogen and oxygen atoms in total. The lowest BCUT2D eigenvalue weighted by Gasteiger charge is -2.14. The summed E-state index contributed by atoms with van der Waals surface area (Å²) in [5.74, 6) is -0.636. The Morgan fingerprint density at radius 1 is 1.21 bits per heavy atom. The standard InChI is InChI=1S/C21H17Cl2N3O2/c22-15-7-5-13(17(23)12-15)6-8-20(27)25-19-11-14(9-10-24)16-3-1-2-4-18(16)26-21(19)28/h1-5,7,11-12,19H,6,8-9H2,(H,25,27)(H,26,28). The minimum atomic E-state index is -0.857. The molecule has 1 atom stereocenters. The molecule has 0 fully saturated rings. The summed E-state index contributed by atoms with van der Waals surface area (Å²) in [5.41, 5.74) is 2.91. The predicted molar refractivity (Wildman–Crippen MR) is 110 cm³/mol. The van der Waals surface area contributed by atoms with Gasteiger partial charge in [0.1, 0.15) is 6.04 Å². The molecule has 1 heterocycles. The van der Waals surface area contributed by atoms with Crippen LogP contribution in [0.25, 0.3) is 5.57 Å². The van der Waals surface area contributed by atoms with Crippen LogP contribution >= 0.6 is 23.2 Å². The number of nitrogens with zero attached hydrogens (tertiary/aromatic N) is 1. The molecule has 0 saturated heterocycles. The van der Waals surface area contributed by atoms with Crippen molar-refractivity contribution < 1.29 is 9.59 Å². The molecule has 0 aromatic heterocycles. The van der Waals surface area contributed by atoms with Crippen molar-refractivity contribution in [3.8, 4) is 6.07 Å². The van der Waals surface area contributed by atoms with E-state index in [9.17, 15) is 9.59 Å². The fourth-order valence-corrected chi connectivity index (χ4v) is 3.52. The molecule has 2 amide bonds. The minimum Gasteiger partial charge on any atom is -0.341 e. The summed E-state index contributed by atoms with van der Waals surface area (Å²) in [6, 6.07) is 13.6. The van der Waals surface area contributed by atoms with Crippen LogP contribution in [-0.4, -0.2) is 17.9 Å². The molecule has 0 aliphatic carbocycles. The highest BCUT2D eigenvalue weighted by molar-refractivity contribution is 6.35. The predicted octanol–water partition coefficient (Wildman–Crippen LogP) is 4.36. The Morgan fingerprint density at radius 3 is 2.75 bits per heavy atom. The fourth-order valence-electron chi connectivity index (χ4n) is 3.01. The summed E-state index contributed by atoms with van der Waals surface area (Å²) in [7, 11) is 0. The molecule has 3 rings (SSSR count). The molecule has 2 aromatic carbocycles. The molecule has 0 saturated carbocycles. The van der Waals surface area contributed by atoms with Gasteiger partial charge in [-0.2, -0.15) is 5.26 Å². The Bertz CT molecular complexity index is 995. The highest BCUT2D eigenvalue weighted by Gasteiger charge is 2.24. The van der Waals surface area contributed by atoms with Crippen LogP contribution in [0.15, 0.2) is 48.5 Å². The van der Waals surface area contributed by atoms with Gasteiger partial charge in [-0.3, -0.25) is 9.59 Å². The number of nitrogens with one attached hydrogen (secondary N) is 2. The van der Waals surface area contributed by atoms with E-state index in [1.54, 1.807) is 36.4 Å². The fraction of sp³-hybridized carbons (Fsp3) is 0.190. The number of aryl methyl sites for hydroxylation is 1. The maximum absolute atomic E-state index is 12.5. The lowest BCUT2D eigenvalue weighted by Crippen LogP contribution is -2.42. The third kappa shape index (κ3) is 4.72. The molecule has 1 aliphatic rings. The zero-order valence-corrected chi connectivity index (χ0v) is 16.3. The average Bonchev–Trinajstić information content (AvgIpc) is 2.78. The maximum Gasteiger partial charge on any atom is 0.251 e. The average molecular weight is 414 g/mol. The van der Waals surface area contributed by atoms with Gasteiger partial charge in [-0.25, -0.2) is 0 Å². The van der Waals surface area contributed by atoms with Gasteiger partial charge in [0.15, 0.2) is 0 Å². The first-order valence-corrected chi connectivity index (χ1v) is 9.44. The van der Waals surface area contributed by atoms with Gasteiger partial charge in [0.2, 0.25) is 5.91 Å². The van der Waals surface area contributed by atoms with Crippen molar-refractivity contribution in [2.45, 2.75) is 25.3 Å². The Hall–Kier alpha value is -2.81. The molecule has 7 heteroatoms. The van der Waals surface area contributed by atoms with E-state index in [4.69, 9.17) is 28.5 Å². The third-order valence-corrected chi connectivity index (χ3v) is 4.99. The Labute approximate surface area is 172 Å². The summed E-state index contributed by atoms with van der Waals surface area (Å²) in [4.78, 5) is 24.9. The molecular formula is C21H17Cl2N3O2. The van der Waals surface area contributed by atoms with Gasteiger partial charge in [-0.15, -0.1) is 0 Å². The lowest BCUT2D eigenvalue weighted by atomic mass is 10.0. The van der Waals surface area contributed by atoms with Crippen molar-refractivity contribution in [3.05, 3.63) is 69.7 Å².